The van der Waals surface area contributed by atoms with Gasteiger partial charge < -0.3 is 19.5 Å². The van der Waals surface area contributed by atoms with Crippen LogP contribution in [0, 0.1) is 12.3 Å². The first-order valence-corrected chi connectivity index (χ1v) is 7.20. The number of hydrogen-bond donors (Lipinski definition) is 1. The Kier molecular flexibility index (Phi) is 2.70. The molecule has 1 radical (unpaired) electrons. The standard InChI is InChI=1S/C14H22NO3/c1-14-5-4-9(15-14)2-3-11(14)13-12-8-16-10(6-17-12)7-18-13/h3,9-13,15H,2,4-8H2,1H3. The van der Waals surface area contributed by atoms with Crippen LogP contribution in [0.25, 0.3) is 0 Å². The molecule has 6 atom stereocenters. The van der Waals surface area contributed by atoms with Gasteiger partial charge in [-0.2, -0.15) is 0 Å². The van der Waals surface area contributed by atoms with Gasteiger partial charge in [0.25, 0.3) is 0 Å². The Hall–Kier alpha value is -0.160. The molecule has 5 aliphatic rings. The highest BCUT2D eigenvalue weighted by atomic mass is 16.6. The van der Waals surface area contributed by atoms with Gasteiger partial charge >= 0.3 is 0 Å². The van der Waals surface area contributed by atoms with Crippen molar-refractivity contribution in [2.45, 2.75) is 56.1 Å². The largest absolute Gasteiger partial charge is 0.372 e. The molecule has 4 heteroatoms. The topological polar surface area (TPSA) is 39.7 Å². The van der Waals surface area contributed by atoms with Gasteiger partial charge in [-0.3, -0.25) is 0 Å². The van der Waals surface area contributed by atoms with E-state index in [1.54, 1.807) is 0 Å². The highest BCUT2D eigenvalue weighted by Gasteiger charge is 2.51. The average molecular weight is 252 g/mol. The van der Waals surface area contributed by atoms with E-state index in [1.165, 1.54) is 12.8 Å². The fourth-order valence-corrected chi connectivity index (χ4v) is 4.10. The number of rotatable bonds is 1. The molecule has 0 amide bonds. The van der Waals surface area contributed by atoms with Crippen LogP contribution < -0.4 is 5.32 Å². The molecule has 0 aromatic rings. The molecule has 0 aromatic carbocycles. The van der Waals surface area contributed by atoms with E-state index < -0.39 is 0 Å². The molecule has 0 saturated carbocycles. The summed E-state index contributed by atoms with van der Waals surface area (Å²) in [4.78, 5) is 0. The first kappa shape index (κ1) is 11.6. The summed E-state index contributed by atoms with van der Waals surface area (Å²) in [6.07, 6.45) is 6.59. The Labute approximate surface area is 108 Å². The number of piperidine rings is 1. The molecule has 0 aromatic heterocycles. The van der Waals surface area contributed by atoms with Crippen LogP contribution in [-0.4, -0.2) is 49.7 Å². The van der Waals surface area contributed by atoms with Crippen molar-refractivity contribution in [3.05, 3.63) is 6.42 Å². The highest BCUT2D eigenvalue weighted by molar-refractivity contribution is 5.13. The van der Waals surface area contributed by atoms with Gasteiger partial charge in [-0.25, -0.2) is 0 Å². The third kappa shape index (κ3) is 1.73. The van der Waals surface area contributed by atoms with E-state index in [4.69, 9.17) is 14.2 Å². The lowest BCUT2D eigenvalue weighted by Gasteiger charge is -2.44. The second-order valence-corrected chi connectivity index (χ2v) is 6.42. The molecule has 6 unspecified atom stereocenters. The molecule has 4 nitrogen and oxygen atoms in total. The van der Waals surface area contributed by atoms with Gasteiger partial charge in [0.1, 0.15) is 12.2 Å². The summed E-state index contributed by atoms with van der Waals surface area (Å²) in [5.74, 6) is 0.446. The maximum absolute atomic E-state index is 6.12. The van der Waals surface area contributed by atoms with Crippen LogP contribution in [0.1, 0.15) is 26.2 Å². The van der Waals surface area contributed by atoms with Crippen molar-refractivity contribution in [2.75, 3.05) is 19.8 Å². The van der Waals surface area contributed by atoms with Crippen molar-refractivity contribution >= 4 is 0 Å². The SMILES string of the molecule is CC12CCC(C[CH]C1C1OCC3COC1CO3)N2. The van der Waals surface area contributed by atoms with Gasteiger partial charge in [-0.05, 0) is 32.6 Å². The third-order valence-corrected chi connectivity index (χ3v) is 5.14. The van der Waals surface area contributed by atoms with Gasteiger partial charge in [0.15, 0.2) is 0 Å². The molecule has 1 N–H and O–H groups in total. The number of nitrogens with one attached hydrogen (secondary N) is 1. The van der Waals surface area contributed by atoms with Crippen molar-refractivity contribution in [3.63, 3.8) is 0 Å². The van der Waals surface area contributed by atoms with Crippen LogP contribution in [0.5, 0.6) is 0 Å². The van der Waals surface area contributed by atoms with Crippen molar-refractivity contribution in [3.8, 4) is 0 Å². The molecule has 5 rings (SSSR count). The Morgan fingerprint density at radius 2 is 2.06 bits per heavy atom. The zero-order chi connectivity index (χ0) is 12.2. The van der Waals surface area contributed by atoms with Crippen LogP contribution in [-0.2, 0) is 14.2 Å². The zero-order valence-corrected chi connectivity index (χ0v) is 10.9. The molecule has 5 fully saturated rings. The van der Waals surface area contributed by atoms with Crippen molar-refractivity contribution in [2.24, 2.45) is 5.92 Å². The number of ether oxygens (including phenoxy) is 3. The van der Waals surface area contributed by atoms with Crippen LogP contribution in [0.3, 0.4) is 0 Å². The molecular formula is C14H22NO3. The van der Waals surface area contributed by atoms with E-state index in [9.17, 15) is 0 Å². The quantitative estimate of drug-likeness (QED) is 0.753. The van der Waals surface area contributed by atoms with E-state index in [1.807, 2.05) is 0 Å². The second-order valence-electron chi connectivity index (χ2n) is 6.42. The van der Waals surface area contributed by atoms with E-state index in [-0.39, 0.29) is 23.9 Å². The third-order valence-electron chi connectivity index (χ3n) is 5.14. The normalized spacial score (nSPS) is 55.5. The monoisotopic (exact) mass is 252 g/mol. The lowest BCUT2D eigenvalue weighted by molar-refractivity contribution is -0.132. The van der Waals surface area contributed by atoms with Crippen molar-refractivity contribution < 1.29 is 14.2 Å². The molecule has 5 aliphatic heterocycles. The molecule has 4 bridgehead atoms. The number of fused-ring (bicyclic) bond motifs is 6. The van der Waals surface area contributed by atoms with Crippen LogP contribution in [0.15, 0.2) is 0 Å². The molecule has 18 heavy (non-hydrogen) atoms. The summed E-state index contributed by atoms with van der Waals surface area (Å²) in [6, 6.07) is 0.686. The first-order valence-electron chi connectivity index (χ1n) is 7.20. The van der Waals surface area contributed by atoms with Crippen molar-refractivity contribution in [1.82, 2.24) is 5.32 Å². The van der Waals surface area contributed by atoms with E-state index >= 15 is 0 Å². The Morgan fingerprint density at radius 1 is 1.17 bits per heavy atom. The Balaban J connectivity index is 1.58. The Morgan fingerprint density at radius 3 is 2.89 bits per heavy atom. The van der Waals surface area contributed by atoms with Crippen molar-refractivity contribution in [1.29, 1.82) is 0 Å². The van der Waals surface area contributed by atoms with Gasteiger partial charge in [-0.15, -0.1) is 0 Å². The molecular weight excluding hydrogens is 230 g/mol. The molecule has 5 heterocycles. The fraction of sp³-hybridized carbons (Fsp3) is 0.929. The summed E-state index contributed by atoms with van der Waals surface area (Å²) in [5.41, 5.74) is 0.194. The second kappa shape index (κ2) is 4.17. The lowest BCUT2D eigenvalue weighted by atomic mass is 9.75. The predicted octanol–water partition coefficient (Wildman–Crippen LogP) is 0.904. The summed E-state index contributed by atoms with van der Waals surface area (Å²) in [5, 5.41) is 3.79. The molecule has 0 spiro atoms. The smallest absolute Gasteiger partial charge is 0.107 e. The van der Waals surface area contributed by atoms with Crippen LogP contribution >= 0.6 is 0 Å². The van der Waals surface area contributed by atoms with Gasteiger partial charge in [0, 0.05) is 17.5 Å². The highest BCUT2D eigenvalue weighted by Crippen LogP contribution is 2.43. The van der Waals surface area contributed by atoms with E-state index in [0.717, 1.165) is 6.42 Å². The van der Waals surface area contributed by atoms with E-state index in [2.05, 4.69) is 18.7 Å². The molecule has 5 saturated heterocycles. The summed E-state index contributed by atoms with van der Waals surface area (Å²) in [7, 11) is 0. The van der Waals surface area contributed by atoms with E-state index in [0.29, 0.717) is 31.8 Å². The maximum atomic E-state index is 6.12. The maximum Gasteiger partial charge on any atom is 0.107 e. The minimum atomic E-state index is 0.112. The summed E-state index contributed by atoms with van der Waals surface area (Å²) < 4.78 is 17.8. The number of hydrogen-bond acceptors (Lipinski definition) is 4. The fourth-order valence-electron chi connectivity index (χ4n) is 4.10. The average Bonchev–Trinajstić information content (AvgIpc) is 2.57. The van der Waals surface area contributed by atoms with Gasteiger partial charge in [0.2, 0.25) is 0 Å². The first-order chi connectivity index (χ1) is 8.74. The molecule has 0 aliphatic carbocycles. The lowest BCUT2D eigenvalue weighted by Crippen LogP contribution is -2.58. The Bertz CT molecular complexity index is 329. The minimum Gasteiger partial charge on any atom is -0.372 e. The van der Waals surface area contributed by atoms with Crippen LogP contribution in [0.4, 0.5) is 0 Å². The van der Waals surface area contributed by atoms with Crippen LogP contribution in [0.2, 0.25) is 0 Å². The molecule has 101 valence electrons. The zero-order valence-electron chi connectivity index (χ0n) is 10.9. The van der Waals surface area contributed by atoms with Gasteiger partial charge in [-0.1, -0.05) is 0 Å². The van der Waals surface area contributed by atoms with Gasteiger partial charge in [0.05, 0.1) is 25.9 Å². The summed E-state index contributed by atoms with van der Waals surface area (Å²) >= 11 is 0. The minimum absolute atomic E-state index is 0.112. The predicted molar refractivity (Wildman–Crippen MR) is 66.2 cm³/mol. The summed E-state index contributed by atoms with van der Waals surface area (Å²) in [6.45, 7) is 4.42.